The second-order valence-corrected chi connectivity index (χ2v) is 7.30. The lowest BCUT2D eigenvalue weighted by Crippen LogP contribution is -2.13. The van der Waals surface area contributed by atoms with Crippen LogP contribution < -0.4 is 15.4 Å². The summed E-state index contributed by atoms with van der Waals surface area (Å²) in [7, 11) is 3.29. The highest BCUT2D eigenvalue weighted by Gasteiger charge is 2.13. The number of halogens is 1. The Kier molecular flexibility index (Phi) is 5.68. The Balaban J connectivity index is 1.48. The van der Waals surface area contributed by atoms with Gasteiger partial charge in [-0.25, -0.2) is 19.6 Å². The number of hydrogen-bond donors (Lipinski definition) is 2. The number of anilines is 2. The molecule has 4 rings (SSSR count). The van der Waals surface area contributed by atoms with E-state index in [0.29, 0.717) is 22.7 Å². The molecule has 0 bridgehead atoms. The summed E-state index contributed by atoms with van der Waals surface area (Å²) in [5, 5.41) is 10.6. The van der Waals surface area contributed by atoms with Crippen molar-refractivity contribution in [2.24, 2.45) is 7.05 Å². The Morgan fingerprint density at radius 3 is 2.81 bits per heavy atom. The lowest BCUT2D eigenvalue weighted by atomic mass is 10.1. The van der Waals surface area contributed by atoms with Crippen molar-refractivity contribution in [1.82, 2.24) is 24.7 Å². The smallest absolute Gasteiger partial charge is 0.257 e. The van der Waals surface area contributed by atoms with Crippen LogP contribution in [-0.2, 0) is 7.05 Å². The van der Waals surface area contributed by atoms with Gasteiger partial charge in [-0.05, 0) is 30.7 Å². The highest BCUT2D eigenvalue weighted by Crippen LogP contribution is 2.24. The molecule has 0 aliphatic carbocycles. The lowest BCUT2D eigenvalue weighted by molar-refractivity contribution is 0.102. The topological polar surface area (TPSA) is 107 Å². The minimum atomic E-state index is -0.317. The van der Waals surface area contributed by atoms with Gasteiger partial charge < -0.3 is 15.4 Å². The van der Waals surface area contributed by atoms with Crippen LogP contribution in [0.4, 0.5) is 11.5 Å². The lowest BCUT2D eigenvalue weighted by Gasteiger charge is -2.16. The molecule has 1 atom stereocenters. The van der Waals surface area contributed by atoms with Gasteiger partial charge in [-0.15, -0.1) is 0 Å². The van der Waals surface area contributed by atoms with E-state index in [1.807, 2.05) is 38.2 Å². The number of carbonyl (C=O) groups excluding carboxylic acids is 1. The van der Waals surface area contributed by atoms with Gasteiger partial charge in [0.05, 0.1) is 31.1 Å². The van der Waals surface area contributed by atoms with Gasteiger partial charge in [-0.2, -0.15) is 5.10 Å². The molecule has 0 saturated heterocycles. The number of benzene rings is 1. The van der Waals surface area contributed by atoms with Crippen molar-refractivity contribution in [2.45, 2.75) is 13.0 Å². The Morgan fingerprint density at radius 2 is 2.03 bits per heavy atom. The van der Waals surface area contributed by atoms with E-state index in [1.165, 1.54) is 19.4 Å². The van der Waals surface area contributed by atoms with E-state index in [4.69, 9.17) is 16.3 Å². The van der Waals surface area contributed by atoms with Crippen molar-refractivity contribution in [3.63, 3.8) is 0 Å². The molecule has 10 heteroatoms. The second-order valence-electron chi connectivity index (χ2n) is 6.89. The average Bonchev–Trinajstić information content (AvgIpc) is 3.14. The predicted molar refractivity (Wildman–Crippen MR) is 119 cm³/mol. The first-order chi connectivity index (χ1) is 14.9. The van der Waals surface area contributed by atoms with Crippen molar-refractivity contribution >= 4 is 40.2 Å². The molecule has 0 aliphatic heterocycles. The summed E-state index contributed by atoms with van der Waals surface area (Å²) >= 11 is 6.07. The van der Waals surface area contributed by atoms with E-state index in [-0.39, 0.29) is 22.9 Å². The van der Waals surface area contributed by atoms with E-state index in [9.17, 15) is 4.79 Å². The van der Waals surface area contributed by atoms with Crippen LogP contribution in [-0.4, -0.2) is 37.7 Å². The molecule has 0 spiro atoms. The first-order valence-electron chi connectivity index (χ1n) is 9.46. The van der Waals surface area contributed by atoms with Gasteiger partial charge in [0.2, 0.25) is 5.88 Å². The fourth-order valence-corrected chi connectivity index (χ4v) is 3.32. The van der Waals surface area contributed by atoms with Gasteiger partial charge in [0.15, 0.2) is 5.65 Å². The number of nitrogens with zero attached hydrogens (tertiary/aromatic N) is 5. The van der Waals surface area contributed by atoms with Crippen LogP contribution in [0.3, 0.4) is 0 Å². The molecule has 158 valence electrons. The predicted octanol–water partition coefficient (Wildman–Crippen LogP) is 3.85. The number of hydrogen-bond acceptors (Lipinski definition) is 7. The number of rotatable bonds is 6. The third-order valence-corrected chi connectivity index (χ3v) is 4.98. The first kappa shape index (κ1) is 20.5. The number of amides is 1. The molecule has 0 radical (unpaired) electrons. The van der Waals surface area contributed by atoms with Crippen LogP contribution in [0, 0.1) is 0 Å². The standard InChI is InChI=1S/C21H20ClN7O2/c1-12(26-18-11-23-17-10-25-29(2)19(17)28-18)13-5-4-6-15(7-13)27-20(30)14-8-16(22)21(31-3)24-9-14/h4-12H,1-3H3,(H,26,28)(H,27,30)/t12-/m0/s1. The Labute approximate surface area is 183 Å². The number of ether oxygens (including phenoxy) is 1. The zero-order chi connectivity index (χ0) is 22.0. The number of pyridine rings is 1. The van der Waals surface area contributed by atoms with Gasteiger partial charge in [0.25, 0.3) is 5.91 Å². The molecule has 0 aliphatic rings. The number of aryl methyl sites for hydroxylation is 1. The molecule has 0 fully saturated rings. The molecular weight excluding hydrogens is 418 g/mol. The molecule has 3 aromatic heterocycles. The first-order valence-corrected chi connectivity index (χ1v) is 9.84. The Morgan fingerprint density at radius 1 is 1.19 bits per heavy atom. The number of aromatic nitrogens is 5. The van der Waals surface area contributed by atoms with E-state index >= 15 is 0 Å². The molecule has 3 heterocycles. The van der Waals surface area contributed by atoms with E-state index in [1.54, 1.807) is 17.1 Å². The largest absolute Gasteiger partial charge is 0.480 e. The summed E-state index contributed by atoms with van der Waals surface area (Å²) in [5.74, 6) is 0.590. The number of fused-ring (bicyclic) bond motifs is 1. The van der Waals surface area contributed by atoms with Crippen LogP contribution in [0.1, 0.15) is 28.9 Å². The molecule has 1 amide bonds. The fraction of sp³-hybridized carbons (Fsp3) is 0.190. The number of methoxy groups -OCH3 is 1. The van der Waals surface area contributed by atoms with Crippen LogP contribution in [0.15, 0.2) is 48.9 Å². The maximum atomic E-state index is 12.6. The van der Waals surface area contributed by atoms with Crippen molar-refractivity contribution in [3.05, 3.63) is 65.1 Å². The molecule has 4 aromatic rings. The summed E-state index contributed by atoms with van der Waals surface area (Å²) in [4.78, 5) is 25.5. The van der Waals surface area contributed by atoms with Crippen LogP contribution in [0.5, 0.6) is 5.88 Å². The Bertz CT molecular complexity index is 1260. The number of carbonyl (C=O) groups is 1. The van der Waals surface area contributed by atoms with Gasteiger partial charge in [-0.1, -0.05) is 23.7 Å². The highest BCUT2D eigenvalue weighted by atomic mass is 35.5. The monoisotopic (exact) mass is 437 g/mol. The summed E-state index contributed by atoms with van der Waals surface area (Å²) in [6, 6.07) is 8.99. The van der Waals surface area contributed by atoms with Crippen molar-refractivity contribution in [2.75, 3.05) is 17.7 Å². The zero-order valence-corrected chi connectivity index (χ0v) is 17.9. The van der Waals surface area contributed by atoms with Crippen LogP contribution in [0.2, 0.25) is 5.02 Å². The minimum absolute atomic E-state index is 0.0751. The highest BCUT2D eigenvalue weighted by molar-refractivity contribution is 6.32. The van der Waals surface area contributed by atoms with Gasteiger partial charge >= 0.3 is 0 Å². The third-order valence-electron chi connectivity index (χ3n) is 4.71. The normalized spacial score (nSPS) is 11.9. The zero-order valence-electron chi connectivity index (χ0n) is 17.1. The van der Waals surface area contributed by atoms with Gasteiger partial charge in [0.1, 0.15) is 16.4 Å². The summed E-state index contributed by atoms with van der Waals surface area (Å²) in [6.45, 7) is 2.00. The van der Waals surface area contributed by atoms with Crippen molar-refractivity contribution < 1.29 is 9.53 Å². The third kappa shape index (κ3) is 4.41. The van der Waals surface area contributed by atoms with Crippen molar-refractivity contribution in [3.8, 4) is 5.88 Å². The maximum absolute atomic E-state index is 12.6. The van der Waals surface area contributed by atoms with Gasteiger partial charge in [0, 0.05) is 18.9 Å². The molecule has 0 saturated carbocycles. The summed E-state index contributed by atoms with van der Waals surface area (Å²) < 4.78 is 6.69. The molecule has 2 N–H and O–H groups in total. The molecule has 0 unspecified atom stereocenters. The summed E-state index contributed by atoms with van der Waals surface area (Å²) in [6.07, 6.45) is 4.76. The van der Waals surface area contributed by atoms with Gasteiger partial charge in [-0.3, -0.25) is 4.79 Å². The maximum Gasteiger partial charge on any atom is 0.257 e. The number of nitrogens with one attached hydrogen (secondary N) is 2. The quantitative estimate of drug-likeness (QED) is 0.471. The minimum Gasteiger partial charge on any atom is -0.480 e. The van der Waals surface area contributed by atoms with Crippen LogP contribution in [0.25, 0.3) is 11.2 Å². The SMILES string of the molecule is COc1ncc(C(=O)Nc2cccc([C@H](C)Nc3cnc4cnn(C)c4n3)c2)cc1Cl. The van der Waals surface area contributed by atoms with E-state index in [2.05, 4.69) is 30.7 Å². The van der Waals surface area contributed by atoms with Crippen LogP contribution >= 0.6 is 11.6 Å². The molecule has 31 heavy (non-hydrogen) atoms. The summed E-state index contributed by atoms with van der Waals surface area (Å²) in [5.41, 5.74) is 3.39. The van der Waals surface area contributed by atoms with Crippen molar-refractivity contribution in [1.29, 1.82) is 0 Å². The second kappa shape index (κ2) is 8.57. The molecule has 1 aromatic carbocycles. The molecule has 9 nitrogen and oxygen atoms in total. The Hall–Kier alpha value is -3.72. The van der Waals surface area contributed by atoms with E-state index in [0.717, 1.165) is 11.1 Å². The van der Waals surface area contributed by atoms with E-state index < -0.39 is 0 Å². The molecular formula is C21H20ClN7O2. The fourth-order valence-electron chi connectivity index (χ4n) is 3.08. The average molecular weight is 438 g/mol.